The number of benzene rings is 2. The largest absolute Gasteiger partial charge is 0.313 e. The summed E-state index contributed by atoms with van der Waals surface area (Å²) < 4.78 is 14.1. The van der Waals surface area contributed by atoms with Gasteiger partial charge in [0, 0.05) is 22.2 Å². The summed E-state index contributed by atoms with van der Waals surface area (Å²) in [6.45, 7) is 3.50. The van der Waals surface area contributed by atoms with Gasteiger partial charge in [-0.05, 0) is 48.4 Å². The van der Waals surface area contributed by atoms with Crippen LogP contribution in [0.15, 0.2) is 36.4 Å². The molecule has 0 aromatic heterocycles. The van der Waals surface area contributed by atoms with E-state index in [0.29, 0.717) is 22.2 Å². The van der Waals surface area contributed by atoms with E-state index in [1.54, 1.807) is 24.3 Å². The summed E-state index contributed by atoms with van der Waals surface area (Å²) >= 11 is 11.9. The minimum absolute atomic E-state index is 0.220. The van der Waals surface area contributed by atoms with Crippen LogP contribution in [0.2, 0.25) is 10.0 Å². The van der Waals surface area contributed by atoms with E-state index in [-0.39, 0.29) is 5.82 Å². The molecule has 4 heteroatoms. The predicted octanol–water partition coefficient (Wildman–Crippen LogP) is 5.30. The van der Waals surface area contributed by atoms with E-state index in [1.807, 2.05) is 6.07 Å². The molecule has 0 radical (unpaired) electrons. The van der Waals surface area contributed by atoms with Crippen molar-refractivity contribution in [3.8, 4) is 11.1 Å². The van der Waals surface area contributed by atoms with Crippen LogP contribution in [0.4, 0.5) is 4.39 Å². The molecule has 0 aliphatic heterocycles. The highest BCUT2D eigenvalue weighted by atomic mass is 35.5. The van der Waals surface area contributed by atoms with Gasteiger partial charge in [-0.3, -0.25) is 0 Å². The first-order valence-electron chi connectivity index (χ1n) is 6.55. The van der Waals surface area contributed by atoms with E-state index in [0.717, 1.165) is 24.1 Å². The number of hydrogen-bond donors (Lipinski definition) is 1. The van der Waals surface area contributed by atoms with Crippen LogP contribution >= 0.6 is 23.2 Å². The van der Waals surface area contributed by atoms with Crippen LogP contribution in [0.3, 0.4) is 0 Å². The first-order chi connectivity index (χ1) is 9.60. The number of halogens is 3. The molecule has 0 saturated carbocycles. The predicted molar refractivity (Wildman–Crippen MR) is 83.9 cm³/mol. The summed E-state index contributed by atoms with van der Waals surface area (Å²) in [5, 5.41) is 4.27. The molecule has 0 saturated heterocycles. The van der Waals surface area contributed by atoms with Crippen molar-refractivity contribution in [2.45, 2.75) is 19.9 Å². The molecule has 0 amide bonds. The maximum atomic E-state index is 14.1. The Morgan fingerprint density at radius 1 is 1.00 bits per heavy atom. The van der Waals surface area contributed by atoms with Gasteiger partial charge in [0.2, 0.25) is 0 Å². The highest BCUT2D eigenvalue weighted by Crippen LogP contribution is 2.28. The van der Waals surface area contributed by atoms with Gasteiger partial charge in [0.1, 0.15) is 5.82 Å². The molecular weight excluding hydrogens is 296 g/mol. The zero-order chi connectivity index (χ0) is 14.5. The second-order valence-electron chi connectivity index (χ2n) is 4.64. The van der Waals surface area contributed by atoms with Gasteiger partial charge >= 0.3 is 0 Å². The molecule has 0 fully saturated rings. The van der Waals surface area contributed by atoms with Gasteiger partial charge in [0.15, 0.2) is 0 Å². The fourth-order valence-electron chi connectivity index (χ4n) is 1.99. The van der Waals surface area contributed by atoms with E-state index in [2.05, 4.69) is 12.2 Å². The van der Waals surface area contributed by atoms with E-state index in [1.165, 1.54) is 6.07 Å². The lowest BCUT2D eigenvalue weighted by molar-refractivity contribution is 0.587. The molecule has 0 aliphatic carbocycles. The van der Waals surface area contributed by atoms with E-state index >= 15 is 0 Å². The van der Waals surface area contributed by atoms with Crippen molar-refractivity contribution in [2.75, 3.05) is 6.54 Å². The molecule has 0 atom stereocenters. The van der Waals surface area contributed by atoms with Crippen LogP contribution in [0.25, 0.3) is 11.1 Å². The van der Waals surface area contributed by atoms with Crippen LogP contribution in [-0.2, 0) is 6.54 Å². The zero-order valence-electron chi connectivity index (χ0n) is 11.2. The molecule has 2 aromatic carbocycles. The Hall–Kier alpha value is -1.09. The van der Waals surface area contributed by atoms with E-state index in [4.69, 9.17) is 23.2 Å². The average molecular weight is 312 g/mol. The minimum atomic E-state index is -0.220. The van der Waals surface area contributed by atoms with Crippen molar-refractivity contribution >= 4 is 23.2 Å². The van der Waals surface area contributed by atoms with Crippen LogP contribution in [0.1, 0.15) is 18.9 Å². The standard InChI is InChI=1S/C16H16Cl2FN/c1-2-5-20-10-12-4-3-11(8-16(12)19)13-6-14(17)9-15(18)7-13/h3-4,6-9,20H,2,5,10H2,1H3. The van der Waals surface area contributed by atoms with Crippen molar-refractivity contribution in [3.63, 3.8) is 0 Å². The molecule has 0 aliphatic rings. The average Bonchev–Trinajstić information content (AvgIpc) is 2.39. The maximum Gasteiger partial charge on any atom is 0.128 e. The Balaban J connectivity index is 2.23. The lowest BCUT2D eigenvalue weighted by atomic mass is 10.0. The van der Waals surface area contributed by atoms with Crippen molar-refractivity contribution in [3.05, 3.63) is 57.8 Å². The first kappa shape index (κ1) is 15.3. The molecule has 1 nitrogen and oxygen atoms in total. The molecule has 0 bridgehead atoms. The highest BCUT2D eigenvalue weighted by Gasteiger charge is 2.06. The second kappa shape index (κ2) is 7.07. The smallest absolute Gasteiger partial charge is 0.128 e. The highest BCUT2D eigenvalue weighted by molar-refractivity contribution is 6.35. The Morgan fingerprint density at radius 2 is 1.70 bits per heavy atom. The van der Waals surface area contributed by atoms with Gasteiger partial charge in [-0.25, -0.2) is 4.39 Å². The molecule has 20 heavy (non-hydrogen) atoms. The summed E-state index contributed by atoms with van der Waals surface area (Å²) in [5.74, 6) is -0.220. The summed E-state index contributed by atoms with van der Waals surface area (Å²) in [4.78, 5) is 0. The molecule has 0 unspecified atom stereocenters. The van der Waals surface area contributed by atoms with Crippen molar-refractivity contribution in [1.82, 2.24) is 5.32 Å². The topological polar surface area (TPSA) is 12.0 Å². The summed E-state index contributed by atoms with van der Waals surface area (Å²) in [6.07, 6.45) is 1.03. The lowest BCUT2D eigenvalue weighted by Gasteiger charge is -2.08. The lowest BCUT2D eigenvalue weighted by Crippen LogP contribution is -2.14. The third kappa shape index (κ3) is 3.95. The Bertz CT molecular complexity index is 579. The SMILES string of the molecule is CCCNCc1ccc(-c2cc(Cl)cc(Cl)c2)cc1F. The summed E-state index contributed by atoms with van der Waals surface area (Å²) in [5.41, 5.74) is 2.25. The van der Waals surface area contributed by atoms with Crippen molar-refractivity contribution in [2.24, 2.45) is 0 Å². The molecule has 1 N–H and O–H groups in total. The van der Waals surface area contributed by atoms with Crippen LogP contribution in [0, 0.1) is 5.82 Å². The fraction of sp³-hybridized carbons (Fsp3) is 0.250. The minimum Gasteiger partial charge on any atom is -0.313 e. The third-order valence-electron chi connectivity index (χ3n) is 2.99. The van der Waals surface area contributed by atoms with Gasteiger partial charge in [-0.15, -0.1) is 0 Å². The van der Waals surface area contributed by atoms with E-state index in [9.17, 15) is 4.39 Å². The number of hydrogen-bond acceptors (Lipinski definition) is 1. The third-order valence-corrected chi connectivity index (χ3v) is 3.43. The molecule has 2 rings (SSSR count). The van der Waals surface area contributed by atoms with Gasteiger partial charge < -0.3 is 5.32 Å². The normalized spacial score (nSPS) is 10.8. The molecule has 2 aromatic rings. The van der Waals surface area contributed by atoms with Gasteiger partial charge in [-0.2, -0.15) is 0 Å². The van der Waals surface area contributed by atoms with Crippen molar-refractivity contribution < 1.29 is 4.39 Å². The molecule has 0 heterocycles. The van der Waals surface area contributed by atoms with Gasteiger partial charge in [0.25, 0.3) is 0 Å². The Labute approximate surface area is 128 Å². The van der Waals surface area contributed by atoms with Crippen LogP contribution in [0.5, 0.6) is 0 Å². The Morgan fingerprint density at radius 3 is 2.30 bits per heavy atom. The zero-order valence-corrected chi connectivity index (χ0v) is 12.7. The summed E-state index contributed by atoms with van der Waals surface area (Å²) in [6, 6.07) is 10.4. The molecule has 0 spiro atoms. The second-order valence-corrected chi connectivity index (χ2v) is 5.51. The van der Waals surface area contributed by atoms with Gasteiger partial charge in [0.05, 0.1) is 0 Å². The summed E-state index contributed by atoms with van der Waals surface area (Å²) in [7, 11) is 0. The van der Waals surface area contributed by atoms with Crippen LogP contribution < -0.4 is 5.32 Å². The number of rotatable bonds is 5. The number of nitrogens with one attached hydrogen (secondary N) is 1. The Kier molecular flexibility index (Phi) is 5.41. The fourth-order valence-corrected chi connectivity index (χ4v) is 2.52. The monoisotopic (exact) mass is 311 g/mol. The van der Waals surface area contributed by atoms with Crippen molar-refractivity contribution in [1.29, 1.82) is 0 Å². The quantitative estimate of drug-likeness (QED) is 0.739. The molecular formula is C16H16Cl2FN. The maximum absolute atomic E-state index is 14.1. The molecule has 106 valence electrons. The van der Waals surface area contributed by atoms with E-state index < -0.39 is 0 Å². The van der Waals surface area contributed by atoms with Gasteiger partial charge in [-0.1, -0.05) is 42.3 Å². The first-order valence-corrected chi connectivity index (χ1v) is 7.31. The van der Waals surface area contributed by atoms with Crippen LogP contribution in [-0.4, -0.2) is 6.54 Å².